The molecule has 4 aromatic rings. The molecule has 0 bridgehead atoms. The van der Waals surface area contributed by atoms with Gasteiger partial charge in [0.2, 0.25) is 5.95 Å². The summed E-state index contributed by atoms with van der Waals surface area (Å²) in [5.74, 6) is 2.62. The van der Waals surface area contributed by atoms with Crippen LogP contribution in [0.1, 0.15) is 24.3 Å². The van der Waals surface area contributed by atoms with Crippen molar-refractivity contribution in [3.05, 3.63) is 84.5 Å². The molecule has 0 spiro atoms. The minimum Gasteiger partial charge on any atom is -0.467 e. The van der Waals surface area contributed by atoms with Crippen molar-refractivity contribution >= 4 is 35.8 Å². The number of anilines is 4. The molecule has 4 rings (SSSR count). The number of furan rings is 1. The average Bonchev–Trinajstić information content (AvgIpc) is 3.27. The molecule has 10 heteroatoms. The van der Waals surface area contributed by atoms with E-state index in [9.17, 15) is 4.39 Å². The molecule has 1 aromatic carbocycles. The van der Waals surface area contributed by atoms with E-state index in [1.807, 2.05) is 19.1 Å². The van der Waals surface area contributed by atoms with Crippen LogP contribution in [0.5, 0.6) is 0 Å². The Bertz CT molecular complexity index is 1080. The molecule has 0 fully saturated rings. The lowest BCUT2D eigenvalue weighted by Gasteiger charge is -2.16. The van der Waals surface area contributed by atoms with Crippen LogP contribution in [0, 0.1) is 5.82 Å². The molecule has 0 aliphatic heterocycles. The van der Waals surface area contributed by atoms with Crippen LogP contribution in [0.2, 0.25) is 0 Å². The summed E-state index contributed by atoms with van der Waals surface area (Å²) in [4.78, 5) is 17.3. The van der Waals surface area contributed by atoms with Gasteiger partial charge in [0.15, 0.2) is 0 Å². The molecular formula is C21H21ClFN7O. The molecule has 0 aliphatic carbocycles. The summed E-state index contributed by atoms with van der Waals surface area (Å²) >= 11 is 0. The second-order valence-corrected chi connectivity index (χ2v) is 6.53. The van der Waals surface area contributed by atoms with Gasteiger partial charge in [0.1, 0.15) is 29.0 Å². The normalized spacial score (nSPS) is 11.3. The molecule has 3 aromatic heterocycles. The highest BCUT2D eigenvalue weighted by molar-refractivity contribution is 5.85. The highest BCUT2D eigenvalue weighted by atomic mass is 35.5. The number of halogens is 2. The Morgan fingerprint density at radius 1 is 1.03 bits per heavy atom. The van der Waals surface area contributed by atoms with Crippen LogP contribution in [-0.4, -0.2) is 19.9 Å². The summed E-state index contributed by atoms with van der Waals surface area (Å²) in [6.07, 6.45) is 6.41. The molecule has 8 nitrogen and oxygen atoms in total. The van der Waals surface area contributed by atoms with Gasteiger partial charge in [0.25, 0.3) is 0 Å². The van der Waals surface area contributed by atoms with Crippen LogP contribution in [-0.2, 0) is 6.54 Å². The number of hydrogen-bond donors (Lipinski definition) is 3. The van der Waals surface area contributed by atoms with E-state index in [2.05, 4.69) is 35.9 Å². The Balaban J connectivity index is 0.00000272. The van der Waals surface area contributed by atoms with Crippen molar-refractivity contribution in [2.24, 2.45) is 0 Å². The van der Waals surface area contributed by atoms with E-state index >= 15 is 0 Å². The number of hydrogen-bond acceptors (Lipinski definition) is 8. The zero-order valence-corrected chi connectivity index (χ0v) is 17.4. The molecule has 0 saturated carbocycles. The number of aromatic nitrogens is 4. The predicted octanol–water partition coefficient (Wildman–Crippen LogP) is 4.95. The Hall–Kier alpha value is -3.72. The summed E-state index contributed by atoms with van der Waals surface area (Å²) in [5.41, 5.74) is 0.914. The lowest BCUT2D eigenvalue weighted by Crippen LogP contribution is -2.12. The van der Waals surface area contributed by atoms with Gasteiger partial charge in [-0.15, -0.1) is 12.4 Å². The highest BCUT2D eigenvalue weighted by Crippen LogP contribution is 2.22. The number of nitrogens with one attached hydrogen (secondary N) is 3. The Labute approximate surface area is 184 Å². The van der Waals surface area contributed by atoms with E-state index in [0.717, 1.165) is 11.3 Å². The lowest BCUT2D eigenvalue weighted by molar-refractivity contribution is 0.518. The maximum Gasteiger partial charge on any atom is 0.227 e. The molecule has 3 N–H and O–H groups in total. The van der Waals surface area contributed by atoms with Gasteiger partial charge in [-0.2, -0.15) is 9.97 Å². The monoisotopic (exact) mass is 441 g/mol. The Morgan fingerprint density at radius 2 is 1.84 bits per heavy atom. The van der Waals surface area contributed by atoms with E-state index in [-0.39, 0.29) is 24.3 Å². The average molecular weight is 442 g/mol. The number of benzene rings is 1. The van der Waals surface area contributed by atoms with Gasteiger partial charge < -0.3 is 20.4 Å². The summed E-state index contributed by atoms with van der Waals surface area (Å²) in [6.45, 7) is 2.43. The molecule has 0 aliphatic rings. The zero-order chi connectivity index (χ0) is 20.8. The second-order valence-electron chi connectivity index (χ2n) is 6.53. The fourth-order valence-electron chi connectivity index (χ4n) is 2.78. The van der Waals surface area contributed by atoms with Gasteiger partial charge in [0, 0.05) is 18.5 Å². The molecule has 0 saturated heterocycles. The number of nitrogens with zero attached hydrogens (tertiary/aromatic N) is 4. The smallest absolute Gasteiger partial charge is 0.227 e. The number of rotatable bonds is 8. The first-order chi connectivity index (χ1) is 14.7. The minimum atomic E-state index is -0.276. The van der Waals surface area contributed by atoms with E-state index < -0.39 is 0 Å². The van der Waals surface area contributed by atoms with Crippen LogP contribution >= 0.6 is 12.4 Å². The third-order valence-electron chi connectivity index (χ3n) is 4.28. The van der Waals surface area contributed by atoms with Crippen molar-refractivity contribution in [3.63, 3.8) is 0 Å². The maximum absolute atomic E-state index is 13.2. The van der Waals surface area contributed by atoms with E-state index in [4.69, 9.17) is 4.42 Å². The van der Waals surface area contributed by atoms with Gasteiger partial charge in [-0.25, -0.2) is 9.37 Å². The topological polar surface area (TPSA) is 101 Å². The van der Waals surface area contributed by atoms with Crippen LogP contribution in [0.15, 0.2) is 71.7 Å². The van der Waals surface area contributed by atoms with Gasteiger partial charge in [-0.1, -0.05) is 12.1 Å². The molecular weight excluding hydrogens is 421 g/mol. The Morgan fingerprint density at radius 3 is 2.55 bits per heavy atom. The van der Waals surface area contributed by atoms with Crippen LogP contribution < -0.4 is 16.0 Å². The van der Waals surface area contributed by atoms with Crippen LogP contribution in [0.4, 0.5) is 27.8 Å². The van der Waals surface area contributed by atoms with E-state index in [1.165, 1.54) is 12.1 Å². The molecule has 3 heterocycles. The van der Waals surface area contributed by atoms with Crippen LogP contribution in [0.3, 0.4) is 0 Å². The molecule has 0 radical (unpaired) electrons. The van der Waals surface area contributed by atoms with Gasteiger partial charge in [0.05, 0.1) is 25.0 Å². The third kappa shape index (κ3) is 6.13. The van der Waals surface area contributed by atoms with Crippen LogP contribution in [0.25, 0.3) is 0 Å². The molecule has 31 heavy (non-hydrogen) atoms. The summed E-state index contributed by atoms with van der Waals surface area (Å²) in [6, 6.07) is 11.7. The Kier molecular flexibility index (Phi) is 7.34. The summed E-state index contributed by atoms with van der Waals surface area (Å²) in [5, 5.41) is 9.60. The molecule has 0 amide bonds. The molecule has 1 atom stereocenters. The first kappa shape index (κ1) is 22.0. The second kappa shape index (κ2) is 10.4. The third-order valence-corrected chi connectivity index (χ3v) is 4.28. The van der Waals surface area contributed by atoms with Gasteiger partial charge in [-0.05, 0) is 36.8 Å². The van der Waals surface area contributed by atoms with Crippen molar-refractivity contribution in [1.82, 2.24) is 19.9 Å². The zero-order valence-electron chi connectivity index (χ0n) is 16.6. The summed E-state index contributed by atoms with van der Waals surface area (Å²) < 4.78 is 18.6. The minimum absolute atomic E-state index is 0. The first-order valence-electron chi connectivity index (χ1n) is 9.36. The molecule has 1 unspecified atom stereocenters. The SMILES string of the molecule is CC(Nc1nc(NCc2ccco2)cc(Nc2cnccn2)n1)c1ccc(F)cc1.Cl. The largest absolute Gasteiger partial charge is 0.467 e. The van der Waals surface area contributed by atoms with E-state index in [0.29, 0.717) is 29.9 Å². The maximum atomic E-state index is 13.2. The van der Waals surface area contributed by atoms with Gasteiger partial charge in [-0.3, -0.25) is 4.98 Å². The highest BCUT2D eigenvalue weighted by Gasteiger charge is 2.11. The van der Waals surface area contributed by atoms with E-state index in [1.54, 1.807) is 43.1 Å². The van der Waals surface area contributed by atoms with Crippen molar-refractivity contribution in [3.8, 4) is 0 Å². The summed E-state index contributed by atoms with van der Waals surface area (Å²) in [7, 11) is 0. The first-order valence-corrected chi connectivity index (χ1v) is 9.36. The van der Waals surface area contributed by atoms with Crippen molar-refractivity contribution in [2.45, 2.75) is 19.5 Å². The molecule has 160 valence electrons. The van der Waals surface area contributed by atoms with Crippen molar-refractivity contribution < 1.29 is 8.81 Å². The fourth-order valence-corrected chi connectivity index (χ4v) is 2.78. The van der Waals surface area contributed by atoms with Crippen molar-refractivity contribution in [2.75, 3.05) is 16.0 Å². The quantitative estimate of drug-likeness (QED) is 0.353. The fraction of sp³-hybridized carbons (Fsp3) is 0.143. The predicted molar refractivity (Wildman–Crippen MR) is 119 cm³/mol. The van der Waals surface area contributed by atoms with Crippen molar-refractivity contribution in [1.29, 1.82) is 0 Å². The van der Waals surface area contributed by atoms with Gasteiger partial charge >= 0.3 is 0 Å². The standard InChI is InChI=1S/C21H20FN7O.ClH/c1-14(15-4-6-16(22)7-5-15)26-21-28-18(25-12-17-3-2-10-30-17)11-19(29-21)27-20-13-23-8-9-24-20;/h2-11,13-14H,12H2,1H3,(H3,24,25,26,27,28,29);1H. The lowest BCUT2D eigenvalue weighted by atomic mass is 10.1.